The van der Waals surface area contributed by atoms with Crippen LogP contribution in [0.1, 0.15) is 88.0 Å². The smallest absolute Gasteiger partial charge is 0.312 e. The fourth-order valence-corrected chi connectivity index (χ4v) is 4.47. The molecule has 0 aliphatic heterocycles. The standard InChI is InChI=1S/C21H40O2/c1-15-13-16(2)17(14-15)11-10-12-23-18(22)21(9,19(3,4)5)20(6,7)8/h15-17H,10-14H2,1-9H3. The molecule has 0 aromatic carbocycles. The van der Waals surface area contributed by atoms with Crippen LogP contribution < -0.4 is 0 Å². The number of carbonyl (C=O) groups is 1. The topological polar surface area (TPSA) is 26.3 Å². The SMILES string of the molecule is CC1CC(C)C(CCCOC(=O)C(C)(C(C)(C)C)C(C)(C)C)C1. The van der Waals surface area contributed by atoms with Crippen LogP contribution in [0.5, 0.6) is 0 Å². The summed E-state index contributed by atoms with van der Waals surface area (Å²) in [5, 5.41) is 0. The Kier molecular flexibility index (Phi) is 6.38. The highest BCUT2D eigenvalue weighted by atomic mass is 16.5. The molecule has 0 radical (unpaired) electrons. The Balaban J connectivity index is 2.55. The molecule has 1 aliphatic carbocycles. The van der Waals surface area contributed by atoms with Crippen LogP contribution in [0.3, 0.4) is 0 Å². The molecule has 136 valence electrons. The number of hydrogen-bond donors (Lipinski definition) is 0. The maximum atomic E-state index is 12.8. The van der Waals surface area contributed by atoms with E-state index in [1.807, 2.05) is 0 Å². The molecule has 2 heteroatoms. The van der Waals surface area contributed by atoms with Gasteiger partial charge in [0, 0.05) is 0 Å². The van der Waals surface area contributed by atoms with Crippen molar-refractivity contribution in [3.8, 4) is 0 Å². The average molecular weight is 325 g/mol. The molecule has 0 spiro atoms. The van der Waals surface area contributed by atoms with Crippen molar-refractivity contribution in [2.45, 2.75) is 88.0 Å². The van der Waals surface area contributed by atoms with Gasteiger partial charge in [-0.05, 0) is 61.2 Å². The van der Waals surface area contributed by atoms with E-state index >= 15 is 0 Å². The quantitative estimate of drug-likeness (QED) is 0.452. The Bertz CT molecular complexity index is 383. The lowest BCUT2D eigenvalue weighted by atomic mass is 9.55. The molecule has 3 atom stereocenters. The summed E-state index contributed by atoms with van der Waals surface area (Å²) in [7, 11) is 0. The lowest BCUT2D eigenvalue weighted by Gasteiger charge is -2.48. The minimum Gasteiger partial charge on any atom is -0.465 e. The number of esters is 1. The molecule has 0 amide bonds. The van der Waals surface area contributed by atoms with E-state index in [4.69, 9.17) is 4.74 Å². The molecule has 1 saturated carbocycles. The second-order valence-corrected chi connectivity index (χ2v) is 10.2. The van der Waals surface area contributed by atoms with Crippen LogP contribution in [0.15, 0.2) is 0 Å². The minimum absolute atomic E-state index is 0.0367. The highest BCUT2D eigenvalue weighted by Gasteiger charge is 2.53. The van der Waals surface area contributed by atoms with Crippen LogP contribution in [0, 0.1) is 34.0 Å². The molecule has 0 heterocycles. The maximum Gasteiger partial charge on any atom is 0.312 e. The molecule has 2 nitrogen and oxygen atoms in total. The van der Waals surface area contributed by atoms with Gasteiger partial charge in [0.1, 0.15) is 0 Å². The summed E-state index contributed by atoms with van der Waals surface area (Å²) in [5.41, 5.74) is -0.745. The van der Waals surface area contributed by atoms with Crippen LogP contribution in [0.2, 0.25) is 0 Å². The van der Waals surface area contributed by atoms with Crippen LogP contribution in [0.25, 0.3) is 0 Å². The zero-order valence-corrected chi connectivity index (χ0v) is 17.1. The van der Waals surface area contributed by atoms with Crippen LogP contribution in [-0.2, 0) is 9.53 Å². The second-order valence-electron chi connectivity index (χ2n) is 10.2. The van der Waals surface area contributed by atoms with E-state index in [1.165, 1.54) is 19.3 Å². The van der Waals surface area contributed by atoms with E-state index in [2.05, 4.69) is 62.3 Å². The van der Waals surface area contributed by atoms with Gasteiger partial charge in [-0.3, -0.25) is 4.79 Å². The van der Waals surface area contributed by atoms with Gasteiger partial charge in [-0.2, -0.15) is 0 Å². The summed E-state index contributed by atoms with van der Waals surface area (Å²) >= 11 is 0. The lowest BCUT2D eigenvalue weighted by Crippen LogP contribution is -2.50. The highest BCUT2D eigenvalue weighted by molar-refractivity contribution is 5.78. The molecule has 3 unspecified atom stereocenters. The van der Waals surface area contributed by atoms with Gasteiger partial charge >= 0.3 is 5.97 Å². The van der Waals surface area contributed by atoms with Gasteiger partial charge in [-0.15, -0.1) is 0 Å². The van der Waals surface area contributed by atoms with E-state index in [0.717, 1.165) is 24.2 Å². The normalized spacial score (nSPS) is 26.4. The third kappa shape index (κ3) is 4.51. The molecule has 23 heavy (non-hydrogen) atoms. The largest absolute Gasteiger partial charge is 0.465 e. The van der Waals surface area contributed by atoms with Gasteiger partial charge < -0.3 is 4.74 Å². The van der Waals surface area contributed by atoms with Gasteiger partial charge in [0.2, 0.25) is 0 Å². The van der Waals surface area contributed by atoms with Crippen molar-refractivity contribution < 1.29 is 9.53 Å². The van der Waals surface area contributed by atoms with Crippen LogP contribution >= 0.6 is 0 Å². The number of hydrogen-bond acceptors (Lipinski definition) is 2. The maximum absolute atomic E-state index is 12.8. The van der Waals surface area contributed by atoms with Crippen LogP contribution in [0.4, 0.5) is 0 Å². The van der Waals surface area contributed by atoms with Crippen molar-refractivity contribution >= 4 is 5.97 Å². The van der Waals surface area contributed by atoms with Crippen molar-refractivity contribution in [3.63, 3.8) is 0 Å². The summed E-state index contributed by atoms with van der Waals surface area (Å²) < 4.78 is 5.74. The molecular weight excluding hydrogens is 284 g/mol. The summed E-state index contributed by atoms with van der Waals surface area (Å²) in [6.07, 6.45) is 4.89. The van der Waals surface area contributed by atoms with Crippen molar-refractivity contribution in [2.24, 2.45) is 34.0 Å². The molecule has 0 aromatic heterocycles. The van der Waals surface area contributed by atoms with Crippen LogP contribution in [-0.4, -0.2) is 12.6 Å². The summed E-state index contributed by atoms with van der Waals surface area (Å²) in [5.74, 6) is 2.48. The second kappa shape index (κ2) is 7.15. The summed E-state index contributed by atoms with van der Waals surface area (Å²) in [4.78, 5) is 12.8. The number of ether oxygens (including phenoxy) is 1. The average Bonchev–Trinajstić information content (AvgIpc) is 2.69. The third-order valence-electron chi connectivity index (χ3n) is 6.64. The van der Waals surface area contributed by atoms with Crippen molar-refractivity contribution in [2.75, 3.05) is 6.61 Å². The van der Waals surface area contributed by atoms with Gasteiger partial charge in [-0.25, -0.2) is 0 Å². The Labute approximate surface area is 144 Å². The fourth-order valence-electron chi connectivity index (χ4n) is 4.47. The zero-order chi connectivity index (χ0) is 18.1. The van der Waals surface area contributed by atoms with Crippen molar-refractivity contribution in [1.29, 1.82) is 0 Å². The Hall–Kier alpha value is -0.530. The molecule has 0 N–H and O–H groups in total. The first kappa shape index (κ1) is 20.5. The lowest BCUT2D eigenvalue weighted by molar-refractivity contribution is -0.173. The molecular formula is C21H40O2. The zero-order valence-electron chi connectivity index (χ0n) is 17.1. The van der Waals surface area contributed by atoms with E-state index in [-0.39, 0.29) is 16.8 Å². The molecule has 1 fully saturated rings. The van der Waals surface area contributed by atoms with Crippen molar-refractivity contribution in [3.05, 3.63) is 0 Å². The van der Waals surface area contributed by atoms with Gasteiger partial charge in [0.15, 0.2) is 0 Å². The molecule has 1 rings (SSSR count). The van der Waals surface area contributed by atoms with E-state index in [0.29, 0.717) is 6.61 Å². The molecule has 0 saturated heterocycles. The van der Waals surface area contributed by atoms with E-state index in [1.54, 1.807) is 0 Å². The number of carbonyl (C=O) groups excluding carboxylic acids is 1. The first-order valence-corrected chi connectivity index (χ1v) is 9.48. The predicted molar refractivity (Wildman–Crippen MR) is 98.3 cm³/mol. The van der Waals surface area contributed by atoms with Crippen molar-refractivity contribution in [1.82, 2.24) is 0 Å². The van der Waals surface area contributed by atoms with E-state index < -0.39 is 5.41 Å². The fraction of sp³-hybridized carbons (Fsp3) is 0.952. The molecule has 0 aromatic rings. The Morgan fingerprint density at radius 3 is 1.87 bits per heavy atom. The van der Waals surface area contributed by atoms with Gasteiger partial charge in [0.05, 0.1) is 12.0 Å². The Morgan fingerprint density at radius 2 is 1.48 bits per heavy atom. The first-order chi connectivity index (χ1) is 10.3. The predicted octanol–water partition coefficient (Wildman–Crippen LogP) is 6.09. The third-order valence-corrected chi connectivity index (χ3v) is 6.64. The molecule has 0 bridgehead atoms. The first-order valence-electron chi connectivity index (χ1n) is 9.48. The minimum atomic E-state index is -0.491. The number of rotatable bonds is 5. The van der Waals surface area contributed by atoms with Gasteiger partial charge in [0.25, 0.3) is 0 Å². The summed E-state index contributed by atoms with van der Waals surface area (Å²) in [6.45, 7) is 20.2. The summed E-state index contributed by atoms with van der Waals surface area (Å²) in [6, 6.07) is 0. The van der Waals surface area contributed by atoms with E-state index in [9.17, 15) is 4.79 Å². The molecule has 1 aliphatic rings. The monoisotopic (exact) mass is 324 g/mol. The highest BCUT2D eigenvalue weighted by Crippen LogP contribution is 2.52. The van der Waals surface area contributed by atoms with Gasteiger partial charge in [-0.1, -0.05) is 55.4 Å². The Morgan fingerprint density at radius 1 is 0.957 bits per heavy atom.